The number of rotatable bonds is 3. The lowest BCUT2D eigenvalue weighted by atomic mass is 10.1. The first-order chi connectivity index (χ1) is 9.02. The van der Waals surface area contributed by atoms with E-state index in [1.165, 1.54) is 13.2 Å². The Bertz CT molecular complexity index is 496. The number of benzene rings is 1. The van der Waals surface area contributed by atoms with Gasteiger partial charge >= 0.3 is 5.97 Å². The number of nitrogen functional groups attached to an aromatic ring is 1. The molecule has 2 rings (SSSR count). The van der Waals surface area contributed by atoms with Crippen molar-refractivity contribution in [2.24, 2.45) is 0 Å². The number of anilines is 2. The van der Waals surface area contributed by atoms with E-state index < -0.39 is 0 Å². The van der Waals surface area contributed by atoms with Gasteiger partial charge in [0.1, 0.15) is 5.82 Å². The molecule has 0 bridgehead atoms. The van der Waals surface area contributed by atoms with Crippen LogP contribution in [0.4, 0.5) is 15.8 Å². The minimum absolute atomic E-state index is 0.0621. The molecule has 1 aliphatic heterocycles. The summed E-state index contributed by atoms with van der Waals surface area (Å²) in [5.74, 6) is -0.624. The smallest absolute Gasteiger partial charge is 0.307 e. The number of nitrogens with zero attached hydrogens (tertiary/aromatic N) is 1. The molecular formula is C13H16BrFN2O2. The van der Waals surface area contributed by atoms with Gasteiger partial charge in [-0.1, -0.05) is 0 Å². The third kappa shape index (κ3) is 3.00. The van der Waals surface area contributed by atoms with E-state index in [4.69, 9.17) is 10.5 Å². The van der Waals surface area contributed by atoms with Gasteiger partial charge in [0.25, 0.3) is 0 Å². The number of nitrogens with two attached hydrogens (primary N) is 1. The van der Waals surface area contributed by atoms with Crippen molar-refractivity contribution in [3.63, 3.8) is 0 Å². The largest absolute Gasteiger partial charge is 0.469 e. The van der Waals surface area contributed by atoms with Crippen LogP contribution in [0.25, 0.3) is 0 Å². The first-order valence-corrected chi connectivity index (χ1v) is 6.90. The standard InChI is InChI=1S/C13H16BrFN2O2/c1-19-13(18)5-8-3-2-4-17(8)12-6-9(14)10(15)7-11(12)16/h6-8H,2-5,16H2,1H3. The zero-order valence-electron chi connectivity index (χ0n) is 10.7. The summed E-state index contributed by atoms with van der Waals surface area (Å²) in [7, 11) is 1.38. The van der Waals surface area contributed by atoms with Gasteiger partial charge in [-0.2, -0.15) is 0 Å². The van der Waals surface area contributed by atoms with Crippen molar-refractivity contribution >= 4 is 33.3 Å². The van der Waals surface area contributed by atoms with E-state index >= 15 is 0 Å². The van der Waals surface area contributed by atoms with Crippen LogP contribution in [-0.4, -0.2) is 25.7 Å². The maximum absolute atomic E-state index is 13.4. The van der Waals surface area contributed by atoms with Crippen molar-refractivity contribution < 1.29 is 13.9 Å². The quantitative estimate of drug-likeness (QED) is 0.683. The van der Waals surface area contributed by atoms with Crippen molar-refractivity contribution in [2.45, 2.75) is 25.3 Å². The maximum Gasteiger partial charge on any atom is 0.307 e. The Labute approximate surface area is 119 Å². The van der Waals surface area contributed by atoms with Crippen LogP contribution in [0.3, 0.4) is 0 Å². The predicted molar refractivity (Wildman–Crippen MR) is 75.5 cm³/mol. The lowest BCUT2D eigenvalue weighted by Crippen LogP contribution is -2.32. The molecule has 0 saturated carbocycles. The van der Waals surface area contributed by atoms with Crippen LogP contribution in [0.15, 0.2) is 16.6 Å². The van der Waals surface area contributed by atoms with Crippen molar-refractivity contribution in [1.82, 2.24) is 0 Å². The van der Waals surface area contributed by atoms with Gasteiger partial charge in [0, 0.05) is 18.7 Å². The minimum Gasteiger partial charge on any atom is -0.469 e. The maximum atomic E-state index is 13.4. The molecular weight excluding hydrogens is 315 g/mol. The van der Waals surface area contributed by atoms with Gasteiger partial charge in [-0.25, -0.2) is 4.39 Å². The van der Waals surface area contributed by atoms with Gasteiger partial charge < -0.3 is 15.4 Å². The number of halogens is 2. The molecule has 2 N–H and O–H groups in total. The fraction of sp³-hybridized carbons (Fsp3) is 0.462. The summed E-state index contributed by atoms with van der Waals surface area (Å²) in [6, 6.07) is 3.03. The van der Waals surface area contributed by atoms with Gasteiger partial charge in [0.2, 0.25) is 0 Å². The topological polar surface area (TPSA) is 55.6 Å². The predicted octanol–water partition coefficient (Wildman–Crippen LogP) is 2.70. The summed E-state index contributed by atoms with van der Waals surface area (Å²) >= 11 is 3.16. The van der Waals surface area contributed by atoms with Gasteiger partial charge in [0.05, 0.1) is 29.4 Å². The average Bonchev–Trinajstić information content (AvgIpc) is 2.81. The number of methoxy groups -OCH3 is 1. The van der Waals surface area contributed by atoms with Crippen LogP contribution in [0.1, 0.15) is 19.3 Å². The molecule has 1 aromatic carbocycles. The zero-order chi connectivity index (χ0) is 14.0. The summed E-state index contributed by atoms with van der Waals surface area (Å²) in [5, 5.41) is 0. The molecule has 1 heterocycles. The monoisotopic (exact) mass is 330 g/mol. The Morgan fingerprint density at radius 2 is 2.37 bits per heavy atom. The fourth-order valence-electron chi connectivity index (χ4n) is 2.44. The average molecular weight is 331 g/mol. The van der Waals surface area contributed by atoms with Gasteiger partial charge in [-0.15, -0.1) is 0 Å². The van der Waals surface area contributed by atoms with Crippen molar-refractivity contribution in [2.75, 3.05) is 24.3 Å². The Hall–Kier alpha value is -1.30. The number of esters is 1. The van der Waals surface area contributed by atoms with Crippen LogP contribution >= 0.6 is 15.9 Å². The highest BCUT2D eigenvalue weighted by Crippen LogP contribution is 2.35. The van der Waals surface area contributed by atoms with Crippen LogP contribution in [0.2, 0.25) is 0 Å². The Morgan fingerprint density at radius 1 is 1.63 bits per heavy atom. The van der Waals surface area contributed by atoms with Gasteiger partial charge in [0.15, 0.2) is 0 Å². The third-order valence-corrected chi connectivity index (χ3v) is 3.99. The second-order valence-corrected chi connectivity index (χ2v) is 5.45. The summed E-state index contributed by atoms with van der Waals surface area (Å²) < 4.78 is 18.5. The summed E-state index contributed by atoms with van der Waals surface area (Å²) in [6.45, 7) is 0.809. The number of hydrogen-bond donors (Lipinski definition) is 1. The summed E-state index contributed by atoms with van der Waals surface area (Å²) in [4.78, 5) is 13.5. The normalized spacial score (nSPS) is 18.7. The van der Waals surface area contributed by atoms with Crippen LogP contribution in [-0.2, 0) is 9.53 Å². The number of carbonyl (C=O) groups is 1. The molecule has 1 aromatic rings. The Kier molecular flexibility index (Phi) is 4.29. The first-order valence-electron chi connectivity index (χ1n) is 6.11. The van der Waals surface area contributed by atoms with Crippen molar-refractivity contribution in [1.29, 1.82) is 0 Å². The van der Waals surface area contributed by atoms with E-state index in [2.05, 4.69) is 20.8 Å². The number of carbonyl (C=O) groups excluding carboxylic acids is 1. The molecule has 1 fully saturated rings. The lowest BCUT2D eigenvalue weighted by Gasteiger charge is -2.27. The molecule has 1 aliphatic rings. The van der Waals surface area contributed by atoms with Crippen molar-refractivity contribution in [3.8, 4) is 0 Å². The minimum atomic E-state index is -0.384. The molecule has 4 nitrogen and oxygen atoms in total. The van der Waals surface area contributed by atoms with E-state index in [-0.39, 0.29) is 17.8 Å². The molecule has 0 radical (unpaired) electrons. The van der Waals surface area contributed by atoms with Crippen molar-refractivity contribution in [3.05, 3.63) is 22.4 Å². The Balaban J connectivity index is 2.25. The van der Waals surface area contributed by atoms with E-state index in [0.29, 0.717) is 16.6 Å². The molecule has 0 aromatic heterocycles. The molecule has 6 heteroatoms. The number of ether oxygens (including phenoxy) is 1. The third-order valence-electron chi connectivity index (χ3n) is 3.39. The highest BCUT2D eigenvalue weighted by Gasteiger charge is 2.28. The number of hydrogen-bond acceptors (Lipinski definition) is 4. The van der Waals surface area contributed by atoms with E-state index in [1.807, 2.05) is 0 Å². The summed E-state index contributed by atoms with van der Waals surface area (Å²) in [6.07, 6.45) is 2.21. The highest BCUT2D eigenvalue weighted by atomic mass is 79.9. The second-order valence-electron chi connectivity index (χ2n) is 4.59. The lowest BCUT2D eigenvalue weighted by molar-refractivity contribution is -0.140. The van der Waals surface area contributed by atoms with Crippen LogP contribution < -0.4 is 10.6 Å². The molecule has 19 heavy (non-hydrogen) atoms. The van der Waals surface area contributed by atoms with E-state index in [0.717, 1.165) is 25.1 Å². The van der Waals surface area contributed by atoms with Crippen LogP contribution in [0, 0.1) is 5.82 Å². The first kappa shape index (κ1) is 14.1. The van der Waals surface area contributed by atoms with E-state index in [9.17, 15) is 9.18 Å². The van der Waals surface area contributed by atoms with Gasteiger partial charge in [-0.05, 0) is 34.8 Å². The summed E-state index contributed by atoms with van der Waals surface area (Å²) in [5.41, 5.74) is 7.03. The van der Waals surface area contributed by atoms with Gasteiger partial charge in [-0.3, -0.25) is 4.79 Å². The molecule has 1 atom stereocenters. The second kappa shape index (κ2) is 5.77. The fourth-order valence-corrected chi connectivity index (χ4v) is 2.77. The zero-order valence-corrected chi connectivity index (χ0v) is 12.2. The molecule has 0 spiro atoms. The molecule has 0 aliphatic carbocycles. The molecule has 0 amide bonds. The SMILES string of the molecule is COC(=O)CC1CCCN1c1cc(Br)c(F)cc1N. The van der Waals surface area contributed by atoms with E-state index in [1.54, 1.807) is 6.07 Å². The molecule has 1 saturated heterocycles. The van der Waals surface area contributed by atoms with Crippen LogP contribution in [0.5, 0.6) is 0 Å². The molecule has 104 valence electrons. The highest BCUT2D eigenvalue weighted by molar-refractivity contribution is 9.10. The molecule has 1 unspecified atom stereocenters. The Morgan fingerprint density at radius 3 is 3.05 bits per heavy atom.